The number of hydrogen-bond donors (Lipinski definition) is 1. The van der Waals surface area contributed by atoms with Crippen molar-refractivity contribution >= 4 is 5.91 Å². The summed E-state index contributed by atoms with van der Waals surface area (Å²) in [5.74, 6) is 1.01. The fraction of sp³-hybridized carbons (Fsp3) is 0.500. The Bertz CT molecular complexity index is 390. The van der Waals surface area contributed by atoms with Crippen LogP contribution in [0.2, 0.25) is 0 Å². The van der Waals surface area contributed by atoms with E-state index in [-0.39, 0.29) is 11.9 Å². The van der Waals surface area contributed by atoms with Crippen LogP contribution in [0.4, 0.5) is 0 Å². The van der Waals surface area contributed by atoms with E-state index in [1.165, 1.54) is 6.42 Å². The predicted molar refractivity (Wildman–Crippen MR) is 67.0 cm³/mol. The molecule has 2 rings (SSSR count). The van der Waals surface area contributed by atoms with Gasteiger partial charge in [-0.1, -0.05) is 25.0 Å². The smallest absolute Gasteiger partial charge is 0.220 e. The molecule has 1 unspecified atom stereocenters. The average Bonchev–Trinajstić information content (AvgIpc) is 2.33. The molecule has 1 aromatic rings. The average molecular weight is 233 g/mol. The summed E-state index contributed by atoms with van der Waals surface area (Å²) in [6.07, 6.45) is 4.99. The van der Waals surface area contributed by atoms with E-state index in [4.69, 9.17) is 4.74 Å². The van der Waals surface area contributed by atoms with Crippen molar-refractivity contribution in [1.29, 1.82) is 0 Å². The van der Waals surface area contributed by atoms with Gasteiger partial charge in [-0.15, -0.1) is 0 Å². The molecule has 1 aliphatic heterocycles. The quantitative estimate of drug-likeness (QED) is 0.853. The number of methoxy groups -OCH3 is 1. The summed E-state index contributed by atoms with van der Waals surface area (Å²) in [5.41, 5.74) is 1.14. The van der Waals surface area contributed by atoms with Gasteiger partial charge < -0.3 is 10.1 Å². The summed E-state index contributed by atoms with van der Waals surface area (Å²) in [5, 5.41) is 3.09. The van der Waals surface area contributed by atoms with Gasteiger partial charge in [0, 0.05) is 6.42 Å². The van der Waals surface area contributed by atoms with Gasteiger partial charge in [-0.25, -0.2) is 0 Å². The van der Waals surface area contributed by atoms with E-state index in [1.54, 1.807) is 7.11 Å². The van der Waals surface area contributed by atoms with E-state index in [2.05, 4.69) is 11.4 Å². The molecule has 1 aliphatic rings. The SMILES string of the molecule is COc1cccc(C2CCCCCC(=O)N2)c1. The zero-order valence-corrected chi connectivity index (χ0v) is 10.2. The van der Waals surface area contributed by atoms with E-state index in [0.29, 0.717) is 6.42 Å². The van der Waals surface area contributed by atoms with Gasteiger partial charge in [-0.3, -0.25) is 4.79 Å². The Kier molecular flexibility index (Phi) is 4.02. The summed E-state index contributed by atoms with van der Waals surface area (Å²) in [4.78, 5) is 11.6. The molecule has 0 spiro atoms. The van der Waals surface area contributed by atoms with E-state index >= 15 is 0 Å². The van der Waals surface area contributed by atoms with Gasteiger partial charge >= 0.3 is 0 Å². The minimum atomic E-state index is 0.137. The number of carbonyl (C=O) groups is 1. The third-order valence-electron chi connectivity index (χ3n) is 3.23. The van der Waals surface area contributed by atoms with Crippen LogP contribution in [-0.2, 0) is 4.79 Å². The van der Waals surface area contributed by atoms with Crippen molar-refractivity contribution in [1.82, 2.24) is 5.32 Å². The van der Waals surface area contributed by atoms with Crippen molar-refractivity contribution in [3.05, 3.63) is 29.8 Å². The molecule has 17 heavy (non-hydrogen) atoms. The van der Waals surface area contributed by atoms with Crippen molar-refractivity contribution in [2.75, 3.05) is 7.11 Å². The molecule has 0 radical (unpaired) electrons. The first-order chi connectivity index (χ1) is 8.29. The van der Waals surface area contributed by atoms with Gasteiger partial charge in [0.25, 0.3) is 0 Å². The Hall–Kier alpha value is -1.51. The van der Waals surface area contributed by atoms with Gasteiger partial charge in [0.1, 0.15) is 5.75 Å². The Morgan fingerprint density at radius 1 is 1.29 bits per heavy atom. The molecule has 0 aromatic heterocycles. The highest BCUT2D eigenvalue weighted by molar-refractivity contribution is 5.76. The van der Waals surface area contributed by atoms with Crippen LogP contribution in [0, 0.1) is 0 Å². The van der Waals surface area contributed by atoms with Gasteiger partial charge in [0.15, 0.2) is 0 Å². The maximum Gasteiger partial charge on any atom is 0.220 e. The van der Waals surface area contributed by atoms with Gasteiger partial charge in [0.2, 0.25) is 5.91 Å². The fourth-order valence-electron chi connectivity index (χ4n) is 2.26. The molecule has 1 heterocycles. The first kappa shape index (κ1) is 12.0. The molecule has 0 aliphatic carbocycles. The molecule has 1 atom stereocenters. The zero-order valence-electron chi connectivity index (χ0n) is 10.2. The molecule has 1 saturated heterocycles. The van der Waals surface area contributed by atoms with Crippen LogP contribution in [0.3, 0.4) is 0 Å². The number of rotatable bonds is 2. The lowest BCUT2D eigenvalue weighted by atomic mass is 9.97. The second-order valence-corrected chi connectivity index (χ2v) is 4.50. The highest BCUT2D eigenvalue weighted by Gasteiger charge is 2.17. The van der Waals surface area contributed by atoms with Crippen LogP contribution in [-0.4, -0.2) is 13.0 Å². The van der Waals surface area contributed by atoms with Crippen LogP contribution in [0.5, 0.6) is 5.75 Å². The van der Waals surface area contributed by atoms with Crippen LogP contribution in [0.1, 0.15) is 43.7 Å². The molecular formula is C14H19NO2. The lowest BCUT2D eigenvalue weighted by molar-refractivity contribution is -0.122. The Balaban J connectivity index is 2.14. The molecule has 1 aromatic carbocycles. The predicted octanol–water partition coefficient (Wildman–Crippen LogP) is 2.82. The molecule has 1 amide bonds. The van der Waals surface area contributed by atoms with Gasteiger partial charge in [0.05, 0.1) is 13.2 Å². The summed E-state index contributed by atoms with van der Waals surface area (Å²) < 4.78 is 5.22. The van der Waals surface area contributed by atoms with Gasteiger partial charge in [-0.2, -0.15) is 0 Å². The standard InChI is InChI=1S/C14H19NO2/c1-17-12-7-5-6-11(10-12)13-8-3-2-4-9-14(16)15-13/h5-7,10,13H,2-4,8-9H2,1H3,(H,15,16). The molecule has 3 heteroatoms. The Morgan fingerprint density at radius 3 is 3.00 bits per heavy atom. The number of carbonyl (C=O) groups excluding carboxylic acids is 1. The fourth-order valence-corrected chi connectivity index (χ4v) is 2.26. The van der Waals surface area contributed by atoms with Crippen molar-refractivity contribution in [2.45, 2.75) is 38.1 Å². The first-order valence-electron chi connectivity index (χ1n) is 6.23. The first-order valence-corrected chi connectivity index (χ1v) is 6.23. The maximum atomic E-state index is 11.6. The lowest BCUT2D eigenvalue weighted by Crippen LogP contribution is -2.29. The molecule has 92 valence electrons. The monoisotopic (exact) mass is 233 g/mol. The number of hydrogen-bond acceptors (Lipinski definition) is 2. The van der Waals surface area contributed by atoms with Crippen LogP contribution >= 0.6 is 0 Å². The lowest BCUT2D eigenvalue weighted by Gasteiger charge is -2.22. The largest absolute Gasteiger partial charge is 0.497 e. The van der Waals surface area contributed by atoms with Gasteiger partial charge in [-0.05, 0) is 30.5 Å². The topological polar surface area (TPSA) is 38.3 Å². The van der Waals surface area contributed by atoms with Crippen molar-refractivity contribution in [3.63, 3.8) is 0 Å². The summed E-state index contributed by atoms with van der Waals surface area (Å²) in [7, 11) is 1.66. The summed E-state index contributed by atoms with van der Waals surface area (Å²) >= 11 is 0. The Labute approximate surface area is 102 Å². The summed E-state index contributed by atoms with van der Waals surface area (Å²) in [6.45, 7) is 0. The number of nitrogens with one attached hydrogen (secondary N) is 1. The number of benzene rings is 1. The zero-order chi connectivity index (χ0) is 12.1. The third-order valence-corrected chi connectivity index (χ3v) is 3.23. The second kappa shape index (κ2) is 5.71. The minimum Gasteiger partial charge on any atom is -0.497 e. The second-order valence-electron chi connectivity index (χ2n) is 4.50. The highest BCUT2D eigenvalue weighted by Crippen LogP contribution is 2.25. The molecular weight excluding hydrogens is 214 g/mol. The van der Waals surface area contributed by atoms with Crippen LogP contribution in [0.15, 0.2) is 24.3 Å². The van der Waals surface area contributed by atoms with Crippen molar-refractivity contribution < 1.29 is 9.53 Å². The molecule has 1 fully saturated rings. The van der Waals surface area contributed by atoms with Crippen molar-refractivity contribution in [2.24, 2.45) is 0 Å². The minimum absolute atomic E-state index is 0.137. The van der Waals surface area contributed by atoms with E-state index in [1.807, 2.05) is 18.2 Å². The molecule has 3 nitrogen and oxygen atoms in total. The van der Waals surface area contributed by atoms with Crippen LogP contribution in [0.25, 0.3) is 0 Å². The maximum absolute atomic E-state index is 11.6. The normalized spacial score (nSPS) is 21.2. The molecule has 0 bridgehead atoms. The number of ether oxygens (including phenoxy) is 1. The Morgan fingerprint density at radius 2 is 2.18 bits per heavy atom. The third kappa shape index (κ3) is 3.22. The summed E-state index contributed by atoms with van der Waals surface area (Å²) in [6, 6.07) is 8.09. The van der Waals surface area contributed by atoms with Crippen LogP contribution < -0.4 is 10.1 Å². The van der Waals surface area contributed by atoms with E-state index < -0.39 is 0 Å². The molecule has 1 N–H and O–H groups in total. The van der Waals surface area contributed by atoms with E-state index in [9.17, 15) is 4.79 Å². The highest BCUT2D eigenvalue weighted by atomic mass is 16.5. The molecule has 0 saturated carbocycles. The van der Waals surface area contributed by atoms with Crippen molar-refractivity contribution in [3.8, 4) is 5.75 Å². The van der Waals surface area contributed by atoms with E-state index in [0.717, 1.165) is 30.6 Å². The number of amides is 1.